The van der Waals surface area contributed by atoms with E-state index in [9.17, 15) is 25.3 Å². The first kappa shape index (κ1) is 31.9. The van der Waals surface area contributed by atoms with E-state index in [1.54, 1.807) is 7.05 Å². The number of nitrogens with two attached hydrogens (primary N) is 3. The zero-order valence-electron chi connectivity index (χ0n) is 22.9. The summed E-state index contributed by atoms with van der Waals surface area (Å²) in [5, 5.41) is 52.4. The molecule has 0 aromatic carbocycles. The third-order valence-electron chi connectivity index (χ3n) is 7.72. The topological polar surface area (TPSA) is 243 Å². The van der Waals surface area contributed by atoms with Gasteiger partial charge in [0.25, 0.3) is 0 Å². The summed E-state index contributed by atoms with van der Waals surface area (Å²) in [4.78, 5) is 12.6. The van der Waals surface area contributed by atoms with Crippen LogP contribution in [0.4, 0.5) is 4.79 Å². The van der Waals surface area contributed by atoms with Gasteiger partial charge in [0, 0.05) is 24.5 Å². The first-order valence-electron chi connectivity index (χ1n) is 13.5. The molecule has 2 amide bonds. The normalized spacial score (nSPS) is 40.9. The lowest BCUT2D eigenvalue weighted by molar-refractivity contribution is -0.297. The second-order valence-corrected chi connectivity index (χ2v) is 10.8. The highest BCUT2D eigenvalue weighted by Gasteiger charge is 2.53. The third kappa shape index (κ3) is 7.37. The molecular formula is C24H47N7O8. The molecule has 1 saturated heterocycles. The van der Waals surface area contributed by atoms with Gasteiger partial charge >= 0.3 is 6.03 Å². The van der Waals surface area contributed by atoms with E-state index in [-0.39, 0.29) is 26.1 Å². The number of likely N-dealkylation sites (N-methyl/N-ethyl adjacent to an activating group) is 2. The summed E-state index contributed by atoms with van der Waals surface area (Å²) in [7, 11) is 1.59. The first-order chi connectivity index (χ1) is 18.4. The summed E-state index contributed by atoms with van der Waals surface area (Å²) in [6.45, 7) is 4.51. The molecule has 1 saturated carbocycles. The molecule has 0 spiro atoms. The van der Waals surface area contributed by atoms with Crippen LogP contribution in [0.2, 0.25) is 0 Å². The number of ether oxygens (including phenoxy) is 3. The quantitative estimate of drug-likeness (QED) is 0.0919. The van der Waals surface area contributed by atoms with Crippen LogP contribution in [-0.2, 0) is 14.2 Å². The molecule has 2 aliphatic heterocycles. The van der Waals surface area contributed by atoms with Crippen molar-refractivity contribution in [3.05, 3.63) is 11.8 Å². The van der Waals surface area contributed by atoms with Gasteiger partial charge < -0.3 is 62.7 Å². The largest absolute Gasteiger partial charge is 0.492 e. The number of nitrogens with one attached hydrogen (secondary N) is 3. The van der Waals surface area contributed by atoms with E-state index < -0.39 is 72.4 Å². The summed E-state index contributed by atoms with van der Waals surface area (Å²) in [5.41, 5.74) is 17.0. The Morgan fingerprint density at radius 1 is 1.28 bits per heavy atom. The predicted octanol–water partition coefficient (Wildman–Crippen LogP) is -3.53. The minimum Gasteiger partial charge on any atom is -0.492 e. The van der Waals surface area contributed by atoms with E-state index >= 15 is 0 Å². The summed E-state index contributed by atoms with van der Waals surface area (Å²) in [6.07, 6.45) is -3.08. The Hall–Kier alpha value is -1.63. The van der Waals surface area contributed by atoms with Crippen LogP contribution in [0.1, 0.15) is 26.7 Å². The van der Waals surface area contributed by atoms with Crippen LogP contribution < -0.4 is 33.2 Å². The monoisotopic (exact) mass is 561 g/mol. The molecule has 1 unspecified atom stereocenters. The van der Waals surface area contributed by atoms with Crippen molar-refractivity contribution in [2.75, 3.05) is 39.8 Å². The number of carbonyl (C=O) groups excluding carboxylic acids is 1. The Bertz CT molecular complexity index is 836. The molecule has 0 aromatic rings. The van der Waals surface area contributed by atoms with Crippen molar-refractivity contribution in [2.45, 2.75) is 87.2 Å². The van der Waals surface area contributed by atoms with Gasteiger partial charge in [-0.3, -0.25) is 5.21 Å². The fourth-order valence-electron chi connectivity index (χ4n) is 5.66. The summed E-state index contributed by atoms with van der Waals surface area (Å²) < 4.78 is 18.0. The number of carbonyl (C=O) groups is 1. The molecule has 15 heteroatoms. The number of aliphatic hydroxyl groups excluding tert-OH is 2. The molecule has 1 aliphatic carbocycles. The number of urea groups is 1. The van der Waals surface area contributed by atoms with Gasteiger partial charge in [-0.05, 0) is 39.4 Å². The van der Waals surface area contributed by atoms with Crippen LogP contribution in [0.5, 0.6) is 0 Å². The number of hydrogen-bond donors (Lipinski definition) is 10. The van der Waals surface area contributed by atoms with Crippen molar-refractivity contribution in [2.24, 2.45) is 23.1 Å². The molecule has 3 aliphatic rings. The Morgan fingerprint density at radius 2 is 2.00 bits per heavy atom. The van der Waals surface area contributed by atoms with Gasteiger partial charge in [0.15, 0.2) is 6.29 Å². The van der Waals surface area contributed by atoms with Gasteiger partial charge in [-0.1, -0.05) is 6.92 Å². The maximum Gasteiger partial charge on any atom is 0.341 e. The Kier molecular flexibility index (Phi) is 11.3. The number of hydroxylamine groups is 2. The molecule has 2 fully saturated rings. The van der Waals surface area contributed by atoms with Crippen molar-refractivity contribution >= 4 is 6.03 Å². The minimum atomic E-state index is -1.38. The lowest BCUT2D eigenvalue weighted by atomic mass is 9.72. The smallest absolute Gasteiger partial charge is 0.341 e. The lowest BCUT2D eigenvalue weighted by Crippen LogP contribution is -2.69. The summed E-state index contributed by atoms with van der Waals surface area (Å²) >= 11 is 0. The van der Waals surface area contributed by atoms with E-state index in [1.807, 2.05) is 13.0 Å². The number of aliphatic hydroxyl groups is 3. The van der Waals surface area contributed by atoms with E-state index in [1.165, 1.54) is 6.92 Å². The first-order valence-corrected chi connectivity index (χ1v) is 13.5. The predicted molar refractivity (Wildman–Crippen MR) is 140 cm³/mol. The molecule has 0 radical (unpaired) electrons. The van der Waals surface area contributed by atoms with Crippen LogP contribution in [0, 0.1) is 5.92 Å². The van der Waals surface area contributed by atoms with Crippen molar-refractivity contribution in [1.82, 2.24) is 21.0 Å². The molecule has 39 heavy (non-hydrogen) atoms. The van der Waals surface area contributed by atoms with Crippen LogP contribution in [0.25, 0.3) is 0 Å². The van der Waals surface area contributed by atoms with Crippen molar-refractivity contribution in [1.29, 1.82) is 0 Å². The highest BCUT2D eigenvalue weighted by Crippen LogP contribution is 2.36. The van der Waals surface area contributed by atoms with Gasteiger partial charge in [0.1, 0.15) is 29.7 Å². The fraction of sp³-hybridized carbons (Fsp3) is 0.875. The van der Waals surface area contributed by atoms with Gasteiger partial charge in [-0.15, -0.1) is 0 Å². The Morgan fingerprint density at radius 3 is 2.64 bits per heavy atom. The number of hydrogen-bond acceptors (Lipinski definition) is 13. The van der Waals surface area contributed by atoms with Crippen molar-refractivity contribution < 1.29 is 39.5 Å². The van der Waals surface area contributed by atoms with Crippen LogP contribution >= 0.6 is 0 Å². The van der Waals surface area contributed by atoms with E-state index in [2.05, 4.69) is 16.0 Å². The number of amides is 2. The number of nitrogens with zero attached hydrogens (tertiary/aromatic N) is 1. The van der Waals surface area contributed by atoms with Crippen LogP contribution in [0.3, 0.4) is 0 Å². The van der Waals surface area contributed by atoms with E-state index in [0.717, 1.165) is 6.54 Å². The summed E-state index contributed by atoms with van der Waals surface area (Å²) in [5.74, 6) is 0.000342. The highest BCUT2D eigenvalue weighted by atomic mass is 16.7. The second-order valence-electron chi connectivity index (χ2n) is 10.8. The summed E-state index contributed by atoms with van der Waals surface area (Å²) in [6, 6.07) is -3.64. The van der Waals surface area contributed by atoms with Gasteiger partial charge in [0.2, 0.25) is 0 Å². The van der Waals surface area contributed by atoms with Crippen molar-refractivity contribution in [3.63, 3.8) is 0 Å². The zero-order chi connectivity index (χ0) is 28.9. The van der Waals surface area contributed by atoms with Gasteiger partial charge in [0.05, 0.1) is 37.9 Å². The minimum absolute atomic E-state index is 0.0335. The Balaban J connectivity index is 1.86. The fourth-order valence-corrected chi connectivity index (χ4v) is 5.66. The molecule has 0 aromatic heterocycles. The average molecular weight is 562 g/mol. The molecular weight excluding hydrogens is 514 g/mol. The van der Waals surface area contributed by atoms with Crippen LogP contribution in [0.15, 0.2) is 11.8 Å². The van der Waals surface area contributed by atoms with Crippen molar-refractivity contribution in [3.8, 4) is 0 Å². The highest BCUT2D eigenvalue weighted by molar-refractivity contribution is 5.73. The SMILES string of the molecule is CCNCC1=CC[C@@H](N)[C@@H](C2[C@@H](N)C[C@@H](NC(=O)N(O)CCN)[C@H](O[C@H]3OC[C@](C)(O)[C@H](NC)[C@H]3O)[C@H]2O)O1. The maximum absolute atomic E-state index is 12.6. The molecule has 226 valence electrons. The third-order valence-corrected chi connectivity index (χ3v) is 7.72. The zero-order valence-corrected chi connectivity index (χ0v) is 22.9. The standard InChI is InChI=1S/C24H47N7O8/c1-4-29-10-12-5-6-13(26)19(38-12)16-14(27)9-15(30-23(34)31(36)8-7-25)20(17(16)32)39-22-18(33)21(28-3)24(2,35)11-37-22/h5,13-22,28-29,32-33,35-36H,4,6-11,25-27H2,1-3H3,(H,30,34)/t13-,14+,15-,16?,17+,18-,19+,20+,21-,22-,24+/m1/s1. The molecule has 11 atom stereocenters. The molecule has 13 N–H and O–H groups in total. The molecule has 0 bridgehead atoms. The molecule has 2 heterocycles. The van der Waals surface area contributed by atoms with E-state index in [0.29, 0.717) is 23.8 Å². The van der Waals surface area contributed by atoms with Gasteiger partial charge in [-0.25, -0.2) is 9.86 Å². The van der Waals surface area contributed by atoms with Gasteiger partial charge in [-0.2, -0.15) is 0 Å². The van der Waals surface area contributed by atoms with E-state index in [4.69, 9.17) is 31.4 Å². The lowest BCUT2D eigenvalue weighted by Gasteiger charge is -2.50. The molecule has 3 rings (SSSR count). The second kappa shape index (κ2) is 13.8. The Labute approximate surface area is 228 Å². The maximum atomic E-state index is 12.6. The molecule has 15 nitrogen and oxygen atoms in total. The number of rotatable bonds is 10. The average Bonchev–Trinajstić information content (AvgIpc) is 2.87. The van der Waals surface area contributed by atoms with Crippen LogP contribution in [-0.4, -0.2) is 132 Å².